The van der Waals surface area contributed by atoms with Crippen LogP contribution in [0.3, 0.4) is 0 Å². The third-order valence-corrected chi connectivity index (χ3v) is 4.59. The second-order valence-corrected chi connectivity index (χ2v) is 7.20. The van der Waals surface area contributed by atoms with Crippen LogP contribution in [-0.2, 0) is 6.54 Å². The Kier molecular flexibility index (Phi) is 9.60. The smallest absolute Gasteiger partial charge is 0.191 e. The third-order valence-electron chi connectivity index (χ3n) is 3.02. The summed E-state index contributed by atoms with van der Waals surface area (Å²) in [6.45, 7) is 5.38. The summed E-state index contributed by atoms with van der Waals surface area (Å²) < 4.78 is 6.86. The van der Waals surface area contributed by atoms with Crippen molar-refractivity contribution in [2.75, 3.05) is 13.6 Å². The highest BCUT2D eigenvalue weighted by Crippen LogP contribution is 2.24. The largest absolute Gasteiger partial charge is 0.488 e. The van der Waals surface area contributed by atoms with Gasteiger partial charge in [0.2, 0.25) is 0 Å². The fraction of sp³-hybridized carbons (Fsp3) is 0.375. The zero-order valence-electron chi connectivity index (χ0n) is 13.9. The SMILES string of the molecule is CN=C(NCc1ncc(C)s1)NCC(C)Oc1ccccc1Br.I. The van der Waals surface area contributed by atoms with Gasteiger partial charge >= 0.3 is 0 Å². The molecule has 1 aromatic carbocycles. The average Bonchev–Trinajstić information content (AvgIpc) is 2.95. The molecule has 2 N–H and O–H groups in total. The van der Waals surface area contributed by atoms with Crippen LogP contribution in [0.2, 0.25) is 0 Å². The second kappa shape index (κ2) is 10.9. The zero-order valence-corrected chi connectivity index (χ0v) is 18.6. The van der Waals surface area contributed by atoms with Crippen LogP contribution in [0.1, 0.15) is 16.8 Å². The maximum Gasteiger partial charge on any atom is 0.191 e. The summed E-state index contributed by atoms with van der Waals surface area (Å²) in [7, 11) is 1.75. The highest BCUT2D eigenvalue weighted by atomic mass is 127. The van der Waals surface area contributed by atoms with E-state index in [1.54, 1.807) is 18.4 Å². The number of nitrogens with one attached hydrogen (secondary N) is 2. The van der Waals surface area contributed by atoms with E-state index < -0.39 is 0 Å². The first kappa shape index (κ1) is 21.2. The molecule has 0 bridgehead atoms. The Balaban J connectivity index is 0.00000288. The van der Waals surface area contributed by atoms with Crippen LogP contribution in [0.25, 0.3) is 0 Å². The molecule has 2 rings (SSSR count). The lowest BCUT2D eigenvalue weighted by Gasteiger charge is -2.18. The molecule has 8 heteroatoms. The Morgan fingerprint density at radius 3 is 2.75 bits per heavy atom. The monoisotopic (exact) mass is 524 g/mol. The number of para-hydroxylation sites is 1. The molecule has 1 unspecified atom stereocenters. The molecule has 132 valence electrons. The van der Waals surface area contributed by atoms with E-state index in [4.69, 9.17) is 4.74 Å². The number of guanidine groups is 1. The molecule has 0 spiro atoms. The van der Waals surface area contributed by atoms with Crippen molar-refractivity contribution in [1.82, 2.24) is 15.6 Å². The maximum atomic E-state index is 5.90. The van der Waals surface area contributed by atoms with Crippen LogP contribution in [0, 0.1) is 6.92 Å². The third kappa shape index (κ3) is 6.94. The van der Waals surface area contributed by atoms with Crippen molar-refractivity contribution in [3.8, 4) is 5.75 Å². The number of halogens is 2. The van der Waals surface area contributed by atoms with Gasteiger partial charge < -0.3 is 15.4 Å². The van der Waals surface area contributed by atoms with Gasteiger partial charge in [0.05, 0.1) is 17.6 Å². The predicted octanol–water partition coefficient (Wildman–Crippen LogP) is 3.96. The summed E-state index contributed by atoms with van der Waals surface area (Å²) in [5, 5.41) is 7.56. The number of rotatable bonds is 6. The lowest BCUT2D eigenvalue weighted by molar-refractivity contribution is 0.222. The molecule has 0 aliphatic rings. The second-order valence-electron chi connectivity index (χ2n) is 5.03. The minimum absolute atomic E-state index is 0. The Bertz CT molecular complexity index is 665. The van der Waals surface area contributed by atoms with E-state index in [-0.39, 0.29) is 30.1 Å². The molecule has 0 aliphatic heterocycles. The number of benzene rings is 1. The van der Waals surface area contributed by atoms with Gasteiger partial charge in [-0.2, -0.15) is 0 Å². The van der Waals surface area contributed by atoms with Gasteiger partial charge in [-0.05, 0) is 41.9 Å². The summed E-state index contributed by atoms with van der Waals surface area (Å²) in [5.74, 6) is 1.57. The van der Waals surface area contributed by atoms with Crippen LogP contribution < -0.4 is 15.4 Å². The molecule has 0 saturated heterocycles. The number of aliphatic imine (C=N–C) groups is 1. The Hall–Kier alpha value is -0.870. The normalized spacial score (nSPS) is 12.2. The van der Waals surface area contributed by atoms with Gasteiger partial charge in [-0.15, -0.1) is 35.3 Å². The Labute approximate surface area is 172 Å². The number of hydrogen-bond donors (Lipinski definition) is 2. The number of thiazole rings is 1. The van der Waals surface area contributed by atoms with Gasteiger partial charge in [0, 0.05) is 18.1 Å². The van der Waals surface area contributed by atoms with Crippen molar-refractivity contribution in [2.24, 2.45) is 4.99 Å². The summed E-state index contributed by atoms with van der Waals surface area (Å²) >= 11 is 5.17. The van der Waals surface area contributed by atoms with Crippen LogP contribution in [-0.4, -0.2) is 30.6 Å². The van der Waals surface area contributed by atoms with E-state index in [1.807, 2.05) is 37.4 Å². The van der Waals surface area contributed by atoms with Gasteiger partial charge in [-0.1, -0.05) is 12.1 Å². The summed E-state index contributed by atoms with van der Waals surface area (Å²) in [5.41, 5.74) is 0. The van der Waals surface area contributed by atoms with Crippen molar-refractivity contribution in [3.05, 3.63) is 44.8 Å². The molecule has 2 aromatic rings. The van der Waals surface area contributed by atoms with Crippen molar-refractivity contribution >= 4 is 57.2 Å². The van der Waals surface area contributed by atoms with E-state index in [0.29, 0.717) is 13.1 Å². The molecule has 1 atom stereocenters. The van der Waals surface area contributed by atoms with E-state index in [9.17, 15) is 0 Å². The highest BCUT2D eigenvalue weighted by Gasteiger charge is 2.08. The van der Waals surface area contributed by atoms with Crippen LogP contribution in [0.15, 0.2) is 39.9 Å². The molecule has 24 heavy (non-hydrogen) atoms. The van der Waals surface area contributed by atoms with Crippen LogP contribution in [0.5, 0.6) is 5.75 Å². The van der Waals surface area contributed by atoms with E-state index in [1.165, 1.54) is 4.88 Å². The zero-order chi connectivity index (χ0) is 16.7. The predicted molar refractivity (Wildman–Crippen MR) is 115 cm³/mol. The van der Waals surface area contributed by atoms with Crippen molar-refractivity contribution in [1.29, 1.82) is 0 Å². The molecule has 0 amide bonds. The molecule has 1 heterocycles. The summed E-state index contributed by atoms with van der Waals surface area (Å²) in [6, 6.07) is 7.83. The lowest BCUT2D eigenvalue weighted by Crippen LogP contribution is -2.41. The first-order valence-corrected chi connectivity index (χ1v) is 8.96. The van der Waals surface area contributed by atoms with Gasteiger partial charge in [-0.3, -0.25) is 4.99 Å². The van der Waals surface area contributed by atoms with Gasteiger partial charge in [-0.25, -0.2) is 4.98 Å². The molecule has 5 nitrogen and oxygen atoms in total. The minimum Gasteiger partial charge on any atom is -0.488 e. The molecular weight excluding hydrogens is 503 g/mol. The van der Waals surface area contributed by atoms with Gasteiger partial charge in [0.1, 0.15) is 16.9 Å². The van der Waals surface area contributed by atoms with E-state index in [2.05, 4.69) is 43.5 Å². The first-order chi connectivity index (χ1) is 11.1. The lowest BCUT2D eigenvalue weighted by atomic mass is 10.3. The van der Waals surface area contributed by atoms with Crippen LogP contribution in [0.4, 0.5) is 0 Å². The average molecular weight is 525 g/mol. The number of aryl methyl sites for hydroxylation is 1. The van der Waals surface area contributed by atoms with E-state index in [0.717, 1.165) is 21.2 Å². The highest BCUT2D eigenvalue weighted by molar-refractivity contribution is 14.0. The summed E-state index contributed by atoms with van der Waals surface area (Å²) in [4.78, 5) is 9.75. The fourth-order valence-corrected chi connectivity index (χ4v) is 3.01. The molecule has 0 radical (unpaired) electrons. The van der Waals surface area contributed by atoms with Gasteiger partial charge in [0.15, 0.2) is 5.96 Å². The Morgan fingerprint density at radius 2 is 2.12 bits per heavy atom. The molecular formula is C16H22BrIN4OS. The quantitative estimate of drug-likeness (QED) is 0.341. The van der Waals surface area contributed by atoms with Crippen molar-refractivity contribution in [3.63, 3.8) is 0 Å². The number of hydrogen-bond acceptors (Lipinski definition) is 4. The van der Waals surface area contributed by atoms with Crippen molar-refractivity contribution < 1.29 is 4.74 Å². The van der Waals surface area contributed by atoms with E-state index >= 15 is 0 Å². The topological polar surface area (TPSA) is 58.5 Å². The summed E-state index contributed by atoms with van der Waals surface area (Å²) in [6.07, 6.45) is 1.89. The minimum atomic E-state index is 0. The number of aromatic nitrogens is 1. The molecule has 0 aliphatic carbocycles. The Morgan fingerprint density at radius 1 is 1.38 bits per heavy atom. The van der Waals surface area contributed by atoms with Gasteiger partial charge in [0.25, 0.3) is 0 Å². The molecule has 0 fully saturated rings. The fourth-order valence-electron chi connectivity index (χ4n) is 1.90. The van der Waals surface area contributed by atoms with Crippen molar-refractivity contribution in [2.45, 2.75) is 26.5 Å². The number of ether oxygens (including phenoxy) is 1. The standard InChI is InChI=1S/C16H21BrN4OS.HI/c1-11(22-14-7-5-4-6-13(14)17)8-20-16(18-3)21-10-15-19-9-12(2)23-15;/h4-7,9,11H,8,10H2,1-3H3,(H2,18,20,21);1H. The van der Waals surface area contributed by atoms with Crippen LogP contribution >= 0.6 is 51.2 Å². The molecule has 1 aromatic heterocycles. The number of nitrogens with zero attached hydrogens (tertiary/aromatic N) is 2. The first-order valence-electron chi connectivity index (χ1n) is 7.35. The molecule has 0 saturated carbocycles. The maximum absolute atomic E-state index is 5.90.